The summed E-state index contributed by atoms with van der Waals surface area (Å²) >= 11 is 0. The molecule has 65 heavy (non-hydrogen) atoms. The van der Waals surface area contributed by atoms with E-state index in [9.17, 15) is 43.2 Å². The maximum atomic E-state index is 13.2. The number of benzene rings is 8. The van der Waals surface area contributed by atoms with Crippen LogP contribution in [0.1, 0.15) is 11.1 Å². The average Bonchev–Trinajstić information content (AvgIpc) is 3.28. The molecule has 0 fully saturated rings. The molecule has 0 spiro atoms. The Morgan fingerprint density at radius 1 is 0.400 bits per heavy atom. The van der Waals surface area contributed by atoms with Crippen LogP contribution in [0.5, 0.6) is 0 Å². The summed E-state index contributed by atoms with van der Waals surface area (Å²) in [6.07, 6.45) is 0. The van der Waals surface area contributed by atoms with E-state index in [0.717, 1.165) is 34.6 Å². The van der Waals surface area contributed by atoms with E-state index in [0.29, 0.717) is 23.9 Å². The topological polar surface area (TPSA) is 121 Å². The number of halogens is 6. The molecule has 0 amide bonds. The number of alkyl halides is 6. The van der Waals surface area contributed by atoms with Crippen molar-refractivity contribution < 1.29 is 63.6 Å². The SMILES string of the molecule is O=S(=O)(Nc1ccc2ccccc2c1-c1c(NS(=O)(=O)C(F)(F)F)ccc2ccccc12)C(F)(F)F.[Pd+2].c1ccc(C[N-]c2ccccc2-c2ccccc2[N-]Cc2ccccc2)cc1. The zero-order valence-electron chi connectivity index (χ0n) is 33.7. The number of nitrogens with one attached hydrogen (secondary N) is 2. The van der Waals surface area contributed by atoms with E-state index >= 15 is 0 Å². The van der Waals surface area contributed by atoms with Gasteiger partial charge in [-0.25, -0.2) is 0 Å². The van der Waals surface area contributed by atoms with Gasteiger partial charge in [-0.1, -0.05) is 181 Å². The molecule has 0 saturated carbocycles. The van der Waals surface area contributed by atoms with Crippen LogP contribution < -0.4 is 9.44 Å². The Balaban J connectivity index is 0.000000218. The molecule has 0 aliphatic rings. The molecule has 0 bridgehead atoms. The Bertz CT molecular complexity index is 2930. The number of anilines is 2. The van der Waals surface area contributed by atoms with Crippen molar-refractivity contribution in [1.29, 1.82) is 0 Å². The van der Waals surface area contributed by atoms with Crippen LogP contribution in [0.25, 0.3) is 54.4 Å². The van der Waals surface area contributed by atoms with E-state index in [1.165, 1.54) is 57.0 Å². The molecule has 8 aromatic carbocycles. The van der Waals surface area contributed by atoms with Gasteiger partial charge in [-0.2, -0.15) is 43.2 Å². The van der Waals surface area contributed by atoms with E-state index in [1.54, 1.807) is 24.3 Å². The molecule has 8 rings (SSSR count). The monoisotopic (exact) mass is 1020 g/mol. The fourth-order valence-electron chi connectivity index (χ4n) is 6.86. The van der Waals surface area contributed by atoms with Gasteiger partial charge in [-0.15, -0.1) is 24.5 Å². The second-order valence-electron chi connectivity index (χ2n) is 14.2. The maximum Gasteiger partial charge on any atom is 2.00 e. The molecule has 0 unspecified atom stereocenters. The molecule has 336 valence electrons. The standard InChI is InChI=1S/C26H22N2.C22H14F6N2O4S2.Pd/c1-3-11-21(12-4-1)19-27-25-17-9-7-15-23(25)24-16-8-10-18-26(24)28-20-22-13-5-2-6-14-22;23-21(24,25)35(31,32)29-17-11-9-13-5-1-3-7-15(13)19(17)20-16-8-4-2-6-14(16)10-12-18(20)30-36(33,34)22(26,27)28;/h1-18H,19-20H2;1-12,29-30H;/q-2;;+2. The number of fused-ring (bicyclic) bond motifs is 2. The van der Waals surface area contributed by atoms with Crippen molar-refractivity contribution in [2.24, 2.45) is 0 Å². The van der Waals surface area contributed by atoms with Crippen LogP contribution in [0.4, 0.5) is 49.1 Å². The van der Waals surface area contributed by atoms with Gasteiger partial charge < -0.3 is 10.6 Å². The summed E-state index contributed by atoms with van der Waals surface area (Å²) in [4.78, 5) is 0. The van der Waals surface area contributed by atoms with Gasteiger partial charge in [0.2, 0.25) is 0 Å². The molecule has 0 atom stereocenters. The van der Waals surface area contributed by atoms with Gasteiger partial charge >= 0.3 is 51.5 Å². The molecule has 8 nitrogen and oxygen atoms in total. The van der Waals surface area contributed by atoms with Crippen molar-refractivity contribution in [3.8, 4) is 22.3 Å². The first kappa shape index (κ1) is 48.1. The first-order valence-electron chi connectivity index (χ1n) is 19.4. The number of nitrogens with zero attached hydrogens (tertiary/aromatic N) is 2. The van der Waals surface area contributed by atoms with Crippen LogP contribution in [0.2, 0.25) is 0 Å². The minimum absolute atomic E-state index is 0. The first-order chi connectivity index (χ1) is 30.5. The number of rotatable bonds is 12. The average molecular weight is 1020 g/mol. The zero-order valence-corrected chi connectivity index (χ0v) is 36.9. The van der Waals surface area contributed by atoms with Gasteiger partial charge in [0.05, 0.1) is 11.4 Å². The van der Waals surface area contributed by atoms with Crippen molar-refractivity contribution >= 4 is 64.3 Å². The molecule has 0 heterocycles. The van der Waals surface area contributed by atoms with Crippen molar-refractivity contribution in [3.63, 3.8) is 0 Å². The summed E-state index contributed by atoms with van der Waals surface area (Å²) in [6.45, 7) is 1.34. The van der Waals surface area contributed by atoms with Crippen LogP contribution in [0.15, 0.2) is 182 Å². The third-order valence-corrected chi connectivity index (χ3v) is 12.1. The minimum atomic E-state index is -5.94. The molecule has 0 aliphatic carbocycles. The van der Waals surface area contributed by atoms with Crippen molar-refractivity contribution in [3.05, 3.63) is 204 Å². The molecule has 8 aromatic rings. The third-order valence-electron chi connectivity index (χ3n) is 9.85. The molecule has 17 heteroatoms. The van der Waals surface area contributed by atoms with Crippen molar-refractivity contribution in [1.82, 2.24) is 0 Å². The quantitative estimate of drug-likeness (QED) is 0.0935. The molecule has 0 saturated heterocycles. The Labute approximate surface area is 385 Å². The minimum Gasteiger partial charge on any atom is -0.680 e. The Hall–Kier alpha value is -6.38. The number of hydrogen-bond acceptors (Lipinski definition) is 4. The van der Waals surface area contributed by atoms with E-state index in [2.05, 4.69) is 84.9 Å². The summed E-state index contributed by atoms with van der Waals surface area (Å²) < 4.78 is 130. The Morgan fingerprint density at radius 3 is 1.09 bits per heavy atom. The molecular formula is C48H36F6N4O4PdS2. The predicted molar refractivity (Wildman–Crippen MR) is 242 cm³/mol. The Morgan fingerprint density at radius 2 is 0.723 bits per heavy atom. The predicted octanol–water partition coefficient (Wildman–Crippen LogP) is 13.9. The maximum absolute atomic E-state index is 13.2. The number of para-hydroxylation sites is 2. The summed E-state index contributed by atoms with van der Waals surface area (Å²) in [5, 5.41) is 10.9. The second kappa shape index (κ2) is 20.2. The van der Waals surface area contributed by atoms with Crippen LogP contribution in [0, 0.1) is 0 Å². The van der Waals surface area contributed by atoms with E-state index in [1.807, 2.05) is 24.3 Å². The molecule has 0 radical (unpaired) electrons. The summed E-state index contributed by atoms with van der Waals surface area (Å²) in [5.41, 5.74) is -6.50. The number of sulfonamides is 2. The molecule has 0 aromatic heterocycles. The number of hydrogen-bond donors (Lipinski definition) is 2. The van der Waals surface area contributed by atoms with Crippen LogP contribution in [-0.2, 0) is 53.6 Å². The molecule has 0 aliphatic heterocycles. The zero-order chi connectivity index (χ0) is 45.5. The summed E-state index contributed by atoms with van der Waals surface area (Å²) in [5.74, 6) is 0. The van der Waals surface area contributed by atoms with Crippen LogP contribution in [-0.4, -0.2) is 27.9 Å². The first-order valence-corrected chi connectivity index (χ1v) is 22.3. The van der Waals surface area contributed by atoms with E-state index < -0.39 is 42.4 Å². The van der Waals surface area contributed by atoms with Crippen LogP contribution in [0.3, 0.4) is 0 Å². The van der Waals surface area contributed by atoms with E-state index in [4.69, 9.17) is 10.6 Å². The fourth-order valence-corrected chi connectivity index (χ4v) is 8.01. The molecule has 2 N–H and O–H groups in total. The third kappa shape index (κ3) is 11.3. The van der Waals surface area contributed by atoms with Gasteiger partial charge in [-0.05, 0) is 44.8 Å². The van der Waals surface area contributed by atoms with Crippen LogP contribution >= 0.6 is 0 Å². The van der Waals surface area contributed by atoms with Crippen molar-refractivity contribution in [2.75, 3.05) is 9.44 Å². The second-order valence-corrected chi connectivity index (χ2v) is 17.5. The normalized spacial score (nSPS) is 11.8. The summed E-state index contributed by atoms with van der Waals surface area (Å²) in [6, 6.07) is 54.0. The van der Waals surface area contributed by atoms with Gasteiger partial charge in [0.25, 0.3) is 0 Å². The van der Waals surface area contributed by atoms with Gasteiger partial charge in [0.15, 0.2) is 0 Å². The van der Waals surface area contributed by atoms with Gasteiger partial charge in [-0.3, -0.25) is 9.44 Å². The van der Waals surface area contributed by atoms with E-state index in [-0.39, 0.29) is 42.3 Å². The van der Waals surface area contributed by atoms with Crippen molar-refractivity contribution in [2.45, 2.75) is 24.1 Å². The van der Waals surface area contributed by atoms with Gasteiger partial charge in [0.1, 0.15) is 0 Å². The summed E-state index contributed by atoms with van der Waals surface area (Å²) in [7, 11) is -11.9. The van der Waals surface area contributed by atoms with Gasteiger partial charge in [0, 0.05) is 11.1 Å². The fraction of sp³-hybridized carbons (Fsp3) is 0.0833. The smallest absolute Gasteiger partial charge is 0.680 e. The largest absolute Gasteiger partial charge is 2.00 e. The molecular weight excluding hydrogens is 981 g/mol. The Kier molecular flexibility index (Phi) is 14.9.